The first-order chi connectivity index (χ1) is 38.2. The molecule has 1 amide bonds. The van der Waals surface area contributed by atoms with Crippen LogP contribution < -0.4 is 5.32 Å². The fourth-order valence-electron chi connectivity index (χ4n) is 10.7. The normalized spacial score (nSPS) is 18.6. The number of unbranched alkanes of at least 4 members (excludes halogenated alkanes) is 43. The van der Waals surface area contributed by atoms with Crippen molar-refractivity contribution in [2.75, 3.05) is 19.8 Å². The molecule has 0 aromatic rings. The molecule has 0 aromatic carbocycles. The van der Waals surface area contributed by atoms with Crippen molar-refractivity contribution in [2.45, 2.75) is 371 Å². The third kappa shape index (κ3) is 45.7. The Morgan fingerprint density at radius 2 is 0.821 bits per heavy atom. The predicted octanol–water partition coefficient (Wildman–Crippen LogP) is 16.5. The van der Waals surface area contributed by atoms with E-state index < -0.39 is 49.5 Å². The molecule has 1 saturated heterocycles. The summed E-state index contributed by atoms with van der Waals surface area (Å²) in [6, 6.07) is -0.810. The van der Waals surface area contributed by atoms with Crippen molar-refractivity contribution in [1.82, 2.24) is 5.32 Å². The first kappa shape index (κ1) is 74.2. The number of hydrogen-bond donors (Lipinski definition) is 6. The molecule has 1 rings (SSSR count). The third-order valence-corrected chi connectivity index (χ3v) is 16.1. The zero-order valence-corrected chi connectivity index (χ0v) is 50.9. The van der Waals surface area contributed by atoms with Gasteiger partial charge in [-0.1, -0.05) is 282 Å². The van der Waals surface area contributed by atoms with Gasteiger partial charge in [-0.05, 0) is 57.8 Å². The summed E-state index contributed by atoms with van der Waals surface area (Å²) < 4.78 is 16.7. The fraction of sp³-hybridized carbons (Fsp3) is 0.910. The van der Waals surface area contributed by atoms with E-state index in [4.69, 9.17) is 14.2 Å². The van der Waals surface area contributed by atoms with Crippen molar-refractivity contribution in [1.29, 1.82) is 0 Å². The molecular formula is C67H127NO10. The molecule has 7 atom stereocenters. The fourth-order valence-corrected chi connectivity index (χ4v) is 10.7. The minimum absolute atomic E-state index is 0.00671. The van der Waals surface area contributed by atoms with Gasteiger partial charge in [0.25, 0.3) is 0 Å². The molecule has 0 aliphatic carbocycles. The van der Waals surface area contributed by atoms with Crippen LogP contribution in [0.15, 0.2) is 24.3 Å². The monoisotopic (exact) mass is 1110 g/mol. The first-order valence-electron chi connectivity index (χ1n) is 33.6. The second-order valence-corrected chi connectivity index (χ2v) is 23.5. The summed E-state index contributed by atoms with van der Waals surface area (Å²) in [5.74, 6) is -0.179. The SMILES string of the molecule is CCCCCCCCC/C=C/C(O)C(COC1OC(CO)C(O)C(O)C1O)NC(=O)CCCCCCCCCCC/C=C\CCCCCCCCCCCCCCOC(=O)CCCCCCCCCCCCCCCCCC. The zero-order chi connectivity index (χ0) is 56.6. The van der Waals surface area contributed by atoms with Crippen molar-refractivity contribution in [2.24, 2.45) is 0 Å². The van der Waals surface area contributed by atoms with Gasteiger partial charge in [0.1, 0.15) is 24.4 Å². The molecule has 1 aliphatic rings. The highest BCUT2D eigenvalue weighted by Crippen LogP contribution is 2.23. The van der Waals surface area contributed by atoms with Crippen LogP contribution in [0, 0.1) is 0 Å². The molecule has 0 aromatic heterocycles. The molecule has 11 nitrogen and oxygen atoms in total. The maximum atomic E-state index is 13.0. The molecule has 7 unspecified atom stereocenters. The molecule has 6 N–H and O–H groups in total. The number of aliphatic hydroxyl groups excluding tert-OH is 5. The lowest BCUT2D eigenvalue weighted by atomic mass is 9.99. The molecular weight excluding hydrogens is 979 g/mol. The lowest BCUT2D eigenvalue weighted by Gasteiger charge is -2.40. The molecule has 11 heteroatoms. The highest BCUT2D eigenvalue weighted by Gasteiger charge is 2.44. The Labute approximate surface area is 480 Å². The van der Waals surface area contributed by atoms with Gasteiger partial charge < -0.3 is 45.1 Å². The zero-order valence-electron chi connectivity index (χ0n) is 50.9. The number of hydrogen-bond acceptors (Lipinski definition) is 10. The van der Waals surface area contributed by atoms with Crippen LogP contribution in [0.2, 0.25) is 0 Å². The smallest absolute Gasteiger partial charge is 0.305 e. The van der Waals surface area contributed by atoms with Crippen LogP contribution in [0.25, 0.3) is 0 Å². The molecule has 78 heavy (non-hydrogen) atoms. The molecule has 1 heterocycles. The van der Waals surface area contributed by atoms with E-state index in [-0.39, 0.29) is 18.5 Å². The maximum Gasteiger partial charge on any atom is 0.305 e. The molecule has 1 aliphatic heterocycles. The highest BCUT2D eigenvalue weighted by atomic mass is 16.7. The Kier molecular flexibility index (Phi) is 54.2. The van der Waals surface area contributed by atoms with Gasteiger partial charge in [0.15, 0.2) is 6.29 Å². The van der Waals surface area contributed by atoms with E-state index in [0.29, 0.717) is 19.4 Å². The van der Waals surface area contributed by atoms with E-state index in [1.165, 1.54) is 244 Å². The molecule has 1 fully saturated rings. The van der Waals surface area contributed by atoms with Gasteiger partial charge >= 0.3 is 5.97 Å². The van der Waals surface area contributed by atoms with Crippen molar-refractivity contribution in [3.05, 3.63) is 24.3 Å². The van der Waals surface area contributed by atoms with Gasteiger partial charge in [-0.3, -0.25) is 9.59 Å². The first-order valence-corrected chi connectivity index (χ1v) is 33.6. The van der Waals surface area contributed by atoms with Crippen LogP contribution >= 0.6 is 0 Å². The van der Waals surface area contributed by atoms with Crippen LogP contribution in [0.5, 0.6) is 0 Å². The number of aliphatic hydroxyl groups is 5. The van der Waals surface area contributed by atoms with Crippen LogP contribution in [-0.4, -0.2) is 100 Å². The van der Waals surface area contributed by atoms with Crippen molar-refractivity contribution >= 4 is 11.9 Å². The standard InChI is InChI=1S/C67H127NO10/c1-3-5-7-9-11-13-14-15-16-29-32-35-39-43-47-51-55-63(72)76-56-52-48-44-40-36-33-30-27-25-23-21-19-17-18-20-22-24-26-28-31-34-38-42-46-50-54-62(71)68-59(60(70)53-49-45-41-37-12-10-8-6-4-2)58-77-67-66(75)65(74)64(73)61(57-69)78-67/h18,20,49,53,59-61,64-67,69-70,73-75H,3-17,19,21-48,50-52,54-58H2,1-2H3,(H,68,71)/b20-18-,53-49+. The van der Waals surface area contributed by atoms with Crippen LogP contribution in [-0.2, 0) is 23.8 Å². The predicted molar refractivity (Wildman–Crippen MR) is 324 cm³/mol. The van der Waals surface area contributed by atoms with Gasteiger partial charge in [-0.2, -0.15) is 0 Å². The van der Waals surface area contributed by atoms with Gasteiger partial charge in [0, 0.05) is 12.8 Å². The summed E-state index contributed by atoms with van der Waals surface area (Å²) in [4.78, 5) is 25.1. The Bertz CT molecular complexity index is 1350. The van der Waals surface area contributed by atoms with E-state index in [1.807, 2.05) is 6.08 Å². The number of carbonyl (C=O) groups excluding carboxylic acids is 2. The average molecular weight is 1110 g/mol. The van der Waals surface area contributed by atoms with Crippen molar-refractivity contribution in [3.8, 4) is 0 Å². The van der Waals surface area contributed by atoms with Crippen LogP contribution in [0.4, 0.5) is 0 Å². The van der Waals surface area contributed by atoms with Gasteiger partial charge in [0.05, 0.1) is 32.0 Å². The van der Waals surface area contributed by atoms with Crippen LogP contribution in [0.3, 0.4) is 0 Å². The lowest BCUT2D eigenvalue weighted by molar-refractivity contribution is -0.302. The summed E-state index contributed by atoms with van der Waals surface area (Å²) in [5, 5.41) is 54.2. The van der Waals surface area contributed by atoms with E-state index in [2.05, 4.69) is 31.3 Å². The topological polar surface area (TPSA) is 175 Å². The summed E-state index contributed by atoms with van der Waals surface area (Å²) in [6.45, 7) is 4.34. The van der Waals surface area contributed by atoms with E-state index in [1.54, 1.807) is 6.08 Å². The largest absolute Gasteiger partial charge is 0.466 e. The number of amides is 1. The van der Waals surface area contributed by atoms with Crippen molar-refractivity contribution < 1.29 is 49.3 Å². The van der Waals surface area contributed by atoms with E-state index >= 15 is 0 Å². The highest BCUT2D eigenvalue weighted by molar-refractivity contribution is 5.76. The molecule has 460 valence electrons. The second-order valence-electron chi connectivity index (χ2n) is 23.5. The Morgan fingerprint density at radius 3 is 1.23 bits per heavy atom. The molecule has 0 bridgehead atoms. The number of carbonyl (C=O) groups is 2. The van der Waals surface area contributed by atoms with Crippen LogP contribution in [0.1, 0.15) is 328 Å². The summed E-state index contributed by atoms with van der Waals surface area (Å²) >= 11 is 0. The number of nitrogens with one attached hydrogen (secondary N) is 1. The number of rotatable bonds is 59. The van der Waals surface area contributed by atoms with E-state index in [0.717, 1.165) is 57.8 Å². The molecule has 0 spiro atoms. The number of ether oxygens (including phenoxy) is 3. The summed E-state index contributed by atoms with van der Waals surface area (Å²) in [6.07, 6.45) is 60.3. The maximum absolute atomic E-state index is 13.0. The summed E-state index contributed by atoms with van der Waals surface area (Å²) in [7, 11) is 0. The summed E-state index contributed by atoms with van der Waals surface area (Å²) in [5.41, 5.74) is 0. The van der Waals surface area contributed by atoms with Gasteiger partial charge in [-0.15, -0.1) is 0 Å². The Hall–Kier alpha value is -1.86. The van der Waals surface area contributed by atoms with Crippen molar-refractivity contribution in [3.63, 3.8) is 0 Å². The minimum atomic E-state index is -1.57. The molecule has 0 saturated carbocycles. The minimum Gasteiger partial charge on any atom is -0.466 e. The number of allylic oxidation sites excluding steroid dienone is 3. The molecule has 0 radical (unpaired) electrons. The number of esters is 1. The Morgan fingerprint density at radius 1 is 0.462 bits per heavy atom. The van der Waals surface area contributed by atoms with Gasteiger partial charge in [0.2, 0.25) is 5.91 Å². The van der Waals surface area contributed by atoms with E-state index in [9.17, 15) is 35.1 Å². The second kappa shape index (κ2) is 57.0. The van der Waals surface area contributed by atoms with Gasteiger partial charge in [-0.25, -0.2) is 0 Å². The quantitative estimate of drug-likeness (QED) is 0.0195. The average Bonchev–Trinajstić information content (AvgIpc) is 3.44. The lowest BCUT2D eigenvalue weighted by Crippen LogP contribution is -2.60. The third-order valence-electron chi connectivity index (χ3n) is 16.1. The Balaban J connectivity index is 1.95.